The molecule has 0 fully saturated rings. The number of hydrogen-bond acceptors (Lipinski definition) is 19. The maximum atomic E-state index is 11.8. The Kier molecular flexibility index (Phi) is 23.3. The van der Waals surface area contributed by atoms with E-state index in [1.807, 2.05) is 143 Å². The average molecular weight is 1700 g/mol. The van der Waals surface area contributed by atoms with E-state index in [9.17, 15) is 9.59 Å². The molecule has 8 N–H and O–H groups in total. The zero-order valence-electron chi connectivity index (χ0n) is 73.3. The molecule has 0 amide bonds. The number of ether oxygens (including phenoxy) is 3. The van der Waals surface area contributed by atoms with Crippen molar-refractivity contribution in [1.29, 1.82) is 0 Å². The van der Waals surface area contributed by atoms with Gasteiger partial charge in [-0.1, -0.05) is 31.6 Å². The molecule has 4 aliphatic carbocycles. The number of aromatic amines is 4. The first-order valence-electron chi connectivity index (χ1n) is 44.3. The molecule has 0 spiro atoms. The summed E-state index contributed by atoms with van der Waals surface area (Å²) in [5.41, 5.74) is 40.6. The summed E-state index contributed by atoms with van der Waals surface area (Å²) in [5, 5.41) is 63.3. The van der Waals surface area contributed by atoms with Gasteiger partial charge in [-0.25, -0.2) is 28.6 Å². The van der Waals surface area contributed by atoms with Crippen LogP contribution in [0.15, 0.2) is 257 Å². The number of dihydropyridines is 1. The number of fused-ring (bicyclic) bond motifs is 11. The summed E-state index contributed by atoms with van der Waals surface area (Å²) in [6.45, 7) is 12.8. The molecule has 0 radical (unpaired) electrons. The molecule has 26 nitrogen and oxygen atoms in total. The van der Waals surface area contributed by atoms with Gasteiger partial charge in [0.2, 0.25) is 0 Å². The van der Waals surface area contributed by atoms with Crippen LogP contribution in [0.2, 0.25) is 0 Å². The van der Waals surface area contributed by atoms with Gasteiger partial charge in [-0.2, -0.15) is 40.8 Å². The third-order valence-corrected chi connectivity index (χ3v) is 26.0. The lowest BCUT2D eigenvalue weighted by Gasteiger charge is -2.37. The molecule has 8 aliphatic rings. The topological polar surface area (TPSA) is 316 Å². The zero-order valence-corrected chi connectivity index (χ0v) is 73.3. The molecule has 12 heterocycles. The molecule has 5 atom stereocenters. The van der Waals surface area contributed by atoms with Crippen molar-refractivity contribution in [3.63, 3.8) is 0 Å². The summed E-state index contributed by atoms with van der Waals surface area (Å²) in [6, 6.07) is 41.8. The van der Waals surface area contributed by atoms with E-state index in [2.05, 4.69) is 174 Å². The van der Waals surface area contributed by atoms with E-state index >= 15 is 0 Å². The van der Waals surface area contributed by atoms with Crippen LogP contribution in [0.4, 0.5) is 17.1 Å². The lowest BCUT2D eigenvalue weighted by Crippen LogP contribution is -2.38. The van der Waals surface area contributed by atoms with Crippen molar-refractivity contribution in [2.45, 2.75) is 156 Å². The number of methoxy groups -OCH3 is 3. The number of aromatic nitrogens is 15. The fourth-order valence-corrected chi connectivity index (χ4v) is 19.5. The van der Waals surface area contributed by atoms with Crippen molar-refractivity contribution >= 4 is 90.4 Å². The van der Waals surface area contributed by atoms with Crippen LogP contribution in [0.25, 0.3) is 67.0 Å². The predicted octanol–water partition coefficient (Wildman–Crippen LogP) is 20.7. The van der Waals surface area contributed by atoms with Gasteiger partial charge in [0.1, 0.15) is 5.75 Å². The predicted molar refractivity (Wildman–Crippen MR) is 503 cm³/mol. The fraction of sp³-hybridized carbons (Fsp3) is 0.275. The van der Waals surface area contributed by atoms with E-state index in [4.69, 9.17) is 34.5 Å². The first-order chi connectivity index (χ1) is 62.6. The van der Waals surface area contributed by atoms with Crippen molar-refractivity contribution in [3.05, 3.63) is 319 Å². The third-order valence-electron chi connectivity index (χ3n) is 26.0. The number of nitrogens with zero attached hydrogens (tertiary/aromatic N) is 13. The minimum Gasteiger partial charge on any atom is -0.497 e. The Hall–Kier alpha value is -14.8. The van der Waals surface area contributed by atoms with Gasteiger partial charge >= 0.3 is 11.9 Å². The number of nitrogens with one attached hydrogen (secondary N) is 8. The van der Waals surface area contributed by atoms with Gasteiger partial charge in [-0.15, -0.1) is 0 Å². The molecule has 14 aromatic rings. The van der Waals surface area contributed by atoms with Gasteiger partial charge in [-0.3, -0.25) is 25.4 Å². The van der Waals surface area contributed by atoms with Gasteiger partial charge < -0.3 is 35.6 Å². The number of hydrazone groups is 1. The molecule has 8 aromatic heterocycles. The van der Waals surface area contributed by atoms with E-state index in [0.29, 0.717) is 11.1 Å². The highest BCUT2D eigenvalue weighted by atomic mass is 16.5. The molecular formula is C102H103N21O5. The third kappa shape index (κ3) is 16.3. The molecular weight excluding hydrogens is 1600 g/mol. The second kappa shape index (κ2) is 36.0. The Morgan fingerprint density at radius 1 is 0.547 bits per heavy atom. The number of allylic oxidation sites excluding steroid dienone is 7. The van der Waals surface area contributed by atoms with E-state index in [1.54, 1.807) is 31.4 Å². The molecule has 26 heteroatoms. The number of benzene rings is 6. The van der Waals surface area contributed by atoms with E-state index in [-0.39, 0.29) is 42.0 Å². The molecule has 0 saturated carbocycles. The Bertz CT molecular complexity index is 6870. The molecule has 0 saturated heterocycles. The van der Waals surface area contributed by atoms with Gasteiger partial charge in [0.25, 0.3) is 0 Å². The van der Waals surface area contributed by atoms with Crippen LogP contribution in [0, 0.1) is 33.6 Å². The zero-order chi connectivity index (χ0) is 87.6. The number of rotatable bonds is 16. The van der Waals surface area contributed by atoms with Crippen LogP contribution in [-0.4, -0.2) is 126 Å². The maximum absolute atomic E-state index is 11.8. The second-order valence-electron chi connectivity index (χ2n) is 33.8. The van der Waals surface area contributed by atoms with E-state index in [1.165, 1.54) is 141 Å². The van der Waals surface area contributed by atoms with Crippen molar-refractivity contribution < 1.29 is 23.8 Å². The van der Waals surface area contributed by atoms with Crippen molar-refractivity contribution in [3.8, 4) is 22.8 Å². The Balaban J connectivity index is 0.000000111. The second-order valence-corrected chi connectivity index (χ2v) is 33.8. The van der Waals surface area contributed by atoms with Crippen LogP contribution in [0.5, 0.6) is 5.75 Å². The molecule has 22 rings (SSSR count). The number of aryl methyl sites for hydroxylation is 4. The molecule has 6 aromatic carbocycles. The highest BCUT2D eigenvalue weighted by molar-refractivity contribution is 6.14. The standard InChI is InChI=1S/2C26H25N5O2.C25H28N6.C25H25N5O/c1-15-21(14-31(30-15)17-9-7-16(8-10-17)26(32)33-2)25-19-6-4-3-5-18(19)24-20-13-27-29-22(20)11-12-23(24)28-25;1-17-23(16-31(30-17)22-11-8-19(9-12-22)26(32)33-2)25(18-6-4-3-5-7-18)28-21-10-13-24-20(14-21)15-27-29-24;1-4-5-18-15(2)23-20(28-25(18)19-14-27-29-16(19)3)8-9-22-24(23)21(30-31-22)7-6-17-10-12-26-13-11-17;1-15-21(14-30(29-15)16-7-9-17(31-2)10-8-16)25-19-6-4-3-5-18(19)24-20-13-26-28-22(20)11-12-23(24)27-25/h7-14,25,28H,3-6H2,1-2H3,(H,27,29);6,8-16H,3-5,7H2,1-2H3,(H,27,29);6-14,22,24-25,28,31H,4-5H2,1-3H3,(H,27,29);7-14,25,27H,3-6H2,1-2H3,(H,26,28)/b;;7-6+;. The summed E-state index contributed by atoms with van der Waals surface area (Å²) >= 11 is 0. The van der Waals surface area contributed by atoms with Crippen LogP contribution >= 0.6 is 0 Å². The Labute approximate surface area is 741 Å². The molecule has 0 bridgehead atoms. The largest absolute Gasteiger partial charge is 0.497 e. The van der Waals surface area contributed by atoms with E-state index in [0.717, 1.165) is 159 Å². The highest BCUT2D eigenvalue weighted by Gasteiger charge is 2.42. The first kappa shape index (κ1) is 82.8. The summed E-state index contributed by atoms with van der Waals surface area (Å²) in [5.74, 6) is 0.351. The number of pyridine rings is 1. The van der Waals surface area contributed by atoms with Crippen molar-refractivity contribution in [1.82, 2.24) is 85.9 Å². The van der Waals surface area contributed by atoms with Gasteiger partial charge in [0.05, 0.1) is 155 Å². The normalized spacial score (nSPS) is 18.5. The summed E-state index contributed by atoms with van der Waals surface area (Å²) in [7, 11) is 4.45. The lowest BCUT2D eigenvalue weighted by atomic mass is 9.74. The smallest absolute Gasteiger partial charge is 0.337 e. The molecule has 646 valence electrons. The van der Waals surface area contributed by atoms with Gasteiger partial charge in [-0.05, 0) is 308 Å². The molecule has 4 aliphatic heterocycles. The lowest BCUT2D eigenvalue weighted by molar-refractivity contribution is 0.0592. The Morgan fingerprint density at radius 3 is 1.67 bits per heavy atom. The number of aliphatic imine (C=N–C) groups is 1. The van der Waals surface area contributed by atoms with Crippen molar-refractivity contribution in [2.24, 2.45) is 16.0 Å². The van der Waals surface area contributed by atoms with Crippen LogP contribution < -0.4 is 26.1 Å². The van der Waals surface area contributed by atoms with Crippen LogP contribution in [-0.2, 0) is 9.47 Å². The first-order valence-corrected chi connectivity index (χ1v) is 44.3. The number of esters is 2. The molecule has 128 heavy (non-hydrogen) atoms. The van der Waals surface area contributed by atoms with Crippen molar-refractivity contribution in [2.75, 3.05) is 32.0 Å². The van der Waals surface area contributed by atoms with Crippen LogP contribution in [0.1, 0.15) is 204 Å². The fourth-order valence-electron chi connectivity index (χ4n) is 19.5. The van der Waals surface area contributed by atoms with E-state index < -0.39 is 0 Å². The van der Waals surface area contributed by atoms with Gasteiger partial charge in [0.15, 0.2) is 0 Å². The quantitative estimate of drug-likeness (QED) is 0.0329. The maximum Gasteiger partial charge on any atom is 0.337 e. The number of anilines is 2. The average Bonchev–Trinajstić information content (AvgIpc) is 1.45. The number of carbonyl (C=O) groups is 2. The number of H-pyrrole nitrogens is 4. The number of carbonyl (C=O) groups excluding carboxylic acids is 2. The monoisotopic (exact) mass is 1700 g/mol. The summed E-state index contributed by atoms with van der Waals surface area (Å²) in [6.07, 6.45) is 44.5. The molecule has 5 unspecified atom stereocenters. The summed E-state index contributed by atoms with van der Waals surface area (Å²) in [4.78, 5) is 32.7. The SMILES string of the molecule is CCCC1=C(C)C2=C(C=CC3NN=C(/C=C/c4ccncc4)C23)NC1c1cn[nH]c1C.COC(=O)c1ccc(-n2cc(C(=Nc3ccc4[nH]ncc4c3)C3=CCCCC3)c(C)n2)cc1.COC(=O)c1ccc(-n2cc(C3Nc4ccc5[nH]ncc5c4C4=C3CCCC4)c(C)n2)cc1.COc1ccc(-n2cc(C3Nc4ccc5[nH]ncc5c4C4=C3CCCC4)c(C)n2)cc1. The minimum atomic E-state index is -0.355. The number of hydrogen-bond donors (Lipinski definition) is 8. The Morgan fingerprint density at radius 2 is 1.10 bits per heavy atom. The van der Waals surface area contributed by atoms with Crippen LogP contribution in [0.3, 0.4) is 0 Å². The highest BCUT2D eigenvalue weighted by Crippen LogP contribution is 2.52. The minimum absolute atomic E-state index is 0.0974. The summed E-state index contributed by atoms with van der Waals surface area (Å²) < 4.78 is 20.6. The van der Waals surface area contributed by atoms with Gasteiger partial charge in [0, 0.05) is 103 Å².